The molecule has 0 amide bonds. The predicted octanol–water partition coefficient (Wildman–Crippen LogP) is 5.74. The molecule has 0 radical (unpaired) electrons. The summed E-state index contributed by atoms with van der Waals surface area (Å²) in [4.78, 5) is 13.1. The van der Waals surface area contributed by atoms with Gasteiger partial charge in [-0.05, 0) is 72.1 Å². The fourth-order valence-corrected chi connectivity index (χ4v) is 4.32. The first-order valence-corrected chi connectivity index (χ1v) is 10.4. The van der Waals surface area contributed by atoms with Crippen LogP contribution in [0, 0.1) is 6.92 Å². The highest BCUT2D eigenvalue weighted by Gasteiger charge is 2.05. The molecule has 0 spiro atoms. The lowest BCUT2D eigenvalue weighted by Gasteiger charge is -2.07. The van der Waals surface area contributed by atoms with Crippen molar-refractivity contribution in [2.24, 2.45) is 0 Å². The molecular weight excluding hydrogens is 364 g/mol. The molecule has 136 valence electrons. The molecule has 1 heterocycles. The Morgan fingerprint density at radius 3 is 2.65 bits per heavy atom. The second kappa shape index (κ2) is 9.10. The molecule has 1 aromatic heterocycles. The van der Waals surface area contributed by atoms with Crippen LogP contribution in [0.5, 0.6) is 11.5 Å². The minimum Gasteiger partial charge on any atom is -0.497 e. The van der Waals surface area contributed by atoms with Crippen molar-refractivity contribution in [3.05, 3.63) is 53.4 Å². The van der Waals surface area contributed by atoms with E-state index in [4.69, 9.17) is 9.47 Å². The molecule has 0 fully saturated rings. The third-order valence-corrected chi connectivity index (χ3v) is 6.22. The lowest BCUT2D eigenvalue weighted by atomic mass is 10.2. The van der Waals surface area contributed by atoms with Crippen LogP contribution in [0.3, 0.4) is 0 Å². The van der Waals surface area contributed by atoms with Crippen molar-refractivity contribution >= 4 is 39.0 Å². The number of rotatable bonds is 9. The van der Waals surface area contributed by atoms with E-state index in [0.717, 1.165) is 22.8 Å². The number of aryl methyl sites for hydroxylation is 1. The Kier molecular flexibility index (Phi) is 6.58. The zero-order chi connectivity index (χ0) is 18.4. The first-order valence-electron chi connectivity index (χ1n) is 8.55. The van der Waals surface area contributed by atoms with Crippen LogP contribution in [-0.4, -0.2) is 25.3 Å². The van der Waals surface area contributed by atoms with Gasteiger partial charge in [0.15, 0.2) is 0 Å². The monoisotopic (exact) mass is 386 g/mol. The minimum absolute atomic E-state index is 0.249. The Morgan fingerprint density at radius 2 is 1.88 bits per heavy atom. The summed E-state index contributed by atoms with van der Waals surface area (Å²) in [5.74, 6) is 2.44. The summed E-state index contributed by atoms with van der Waals surface area (Å²) >= 11 is 3.31. The number of thiophene rings is 1. The van der Waals surface area contributed by atoms with Crippen molar-refractivity contribution in [3.8, 4) is 11.5 Å². The highest BCUT2D eigenvalue weighted by atomic mass is 32.2. The number of carbonyl (C=O) groups excluding carboxylic acids is 1. The molecule has 26 heavy (non-hydrogen) atoms. The quantitative estimate of drug-likeness (QED) is 0.347. The van der Waals surface area contributed by atoms with Gasteiger partial charge in [-0.2, -0.15) is 0 Å². The molecule has 2 aromatic carbocycles. The Labute approximate surface area is 162 Å². The van der Waals surface area contributed by atoms with Crippen LogP contribution >= 0.6 is 23.1 Å². The van der Waals surface area contributed by atoms with Crippen LogP contribution in [0.1, 0.15) is 18.4 Å². The number of Topliss-reactive ketones (excluding diaryl/α,β-unsaturated/α-hetero) is 1. The average molecular weight is 387 g/mol. The van der Waals surface area contributed by atoms with Crippen molar-refractivity contribution in [2.45, 2.75) is 24.7 Å². The molecule has 0 bridgehead atoms. The maximum atomic E-state index is 12.0. The molecule has 3 rings (SSSR count). The van der Waals surface area contributed by atoms with Gasteiger partial charge >= 0.3 is 0 Å². The maximum absolute atomic E-state index is 12.0. The topological polar surface area (TPSA) is 35.5 Å². The van der Waals surface area contributed by atoms with Crippen LogP contribution in [0.2, 0.25) is 0 Å². The van der Waals surface area contributed by atoms with Gasteiger partial charge in [-0.15, -0.1) is 23.1 Å². The number of thioether (sulfide) groups is 1. The van der Waals surface area contributed by atoms with E-state index in [0.29, 0.717) is 18.8 Å². The molecule has 5 heteroatoms. The van der Waals surface area contributed by atoms with E-state index in [9.17, 15) is 4.79 Å². The van der Waals surface area contributed by atoms with Crippen LogP contribution in [0.4, 0.5) is 0 Å². The first kappa shape index (κ1) is 18.8. The van der Waals surface area contributed by atoms with Gasteiger partial charge in [-0.3, -0.25) is 4.79 Å². The summed E-state index contributed by atoms with van der Waals surface area (Å²) in [5.41, 5.74) is 1.28. The van der Waals surface area contributed by atoms with Crippen molar-refractivity contribution in [2.75, 3.05) is 19.5 Å². The molecule has 0 N–H and O–H groups in total. The molecule has 0 aliphatic heterocycles. The lowest BCUT2D eigenvalue weighted by molar-refractivity contribution is -0.116. The van der Waals surface area contributed by atoms with E-state index < -0.39 is 0 Å². The summed E-state index contributed by atoms with van der Waals surface area (Å²) in [7, 11) is 1.65. The van der Waals surface area contributed by atoms with E-state index in [1.54, 1.807) is 30.2 Å². The molecule has 0 saturated heterocycles. The van der Waals surface area contributed by atoms with E-state index in [2.05, 4.69) is 24.4 Å². The van der Waals surface area contributed by atoms with Gasteiger partial charge in [0, 0.05) is 16.0 Å². The Bertz CT molecular complexity index is 869. The molecule has 0 atom stereocenters. The van der Waals surface area contributed by atoms with E-state index in [1.807, 2.05) is 30.3 Å². The van der Waals surface area contributed by atoms with Gasteiger partial charge in [-0.1, -0.05) is 0 Å². The average Bonchev–Trinajstić information content (AvgIpc) is 3.04. The second-order valence-corrected chi connectivity index (χ2v) is 7.99. The van der Waals surface area contributed by atoms with Crippen LogP contribution in [0.25, 0.3) is 10.1 Å². The third-order valence-electron chi connectivity index (χ3n) is 4.07. The molecular formula is C21H22O3S2. The molecule has 3 aromatic rings. The number of hydrogen-bond acceptors (Lipinski definition) is 5. The standard InChI is InChI=1S/C21H22O3S2/c1-15-13-26-21-10-7-18(12-20(15)21)24-11-3-4-16(22)14-25-19-8-5-17(23-2)6-9-19/h5-10,12-13H,3-4,11,14H2,1-2H3. The fraction of sp³-hybridized carbons (Fsp3) is 0.286. The van der Waals surface area contributed by atoms with Crippen molar-refractivity contribution in [3.63, 3.8) is 0 Å². The second-order valence-electron chi connectivity index (χ2n) is 6.03. The summed E-state index contributed by atoms with van der Waals surface area (Å²) in [6.07, 6.45) is 1.28. The zero-order valence-corrected chi connectivity index (χ0v) is 16.6. The van der Waals surface area contributed by atoms with Gasteiger partial charge in [0.2, 0.25) is 0 Å². The highest BCUT2D eigenvalue weighted by Crippen LogP contribution is 2.29. The number of methoxy groups -OCH3 is 1. The molecule has 0 aliphatic carbocycles. The number of fused-ring (bicyclic) bond motifs is 1. The van der Waals surface area contributed by atoms with Crippen LogP contribution in [-0.2, 0) is 4.79 Å². The van der Waals surface area contributed by atoms with Gasteiger partial charge in [0.05, 0.1) is 19.5 Å². The van der Waals surface area contributed by atoms with Gasteiger partial charge in [0.25, 0.3) is 0 Å². The molecule has 0 aliphatic rings. The van der Waals surface area contributed by atoms with Gasteiger partial charge in [0.1, 0.15) is 17.3 Å². The Morgan fingerprint density at radius 1 is 1.12 bits per heavy atom. The number of benzene rings is 2. The molecule has 0 unspecified atom stereocenters. The van der Waals surface area contributed by atoms with E-state index in [-0.39, 0.29) is 5.78 Å². The number of carbonyl (C=O) groups is 1. The van der Waals surface area contributed by atoms with Crippen molar-refractivity contribution < 1.29 is 14.3 Å². The van der Waals surface area contributed by atoms with Crippen molar-refractivity contribution in [1.82, 2.24) is 0 Å². The number of ketones is 1. The predicted molar refractivity (Wildman–Crippen MR) is 110 cm³/mol. The number of ether oxygens (including phenoxy) is 2. The lowest BCUT2D eigenvalue weighted by Crippen LogP contribution is -2.05. The maximum Gasteiger partial charge on any atom is 0.143 e. The fourth-order valence-electron chi connectivity index (χ4n) is 2.59. The Balaban J connectivity index is 1.38. The third kappa shape index (κ3) is 5.02. The SMILES string of the molecule is COc1ccc(SCC(=O)CCCOc2ccc3scc(C)c3c2)cc1. The number of hydrogen-bond donors (Lipinski definition) is 0. The smallest absolute Gasteiger partial charge is 0.143 e. The van der Waals surface area contributed by atoms with E-state index >= 15 is 0 Å². The highest BCUT2D eigenvalue weighted by molar-refractivity contribution is 8.00. The summed E-state index contributed by atoms with van der Waals surface area (Å²) in [6, 6.07) is 13.9. The van der Waals surface area contributed by atoms with Crippen molar-refractivity contribution in [1.29, 1.82) is 0 Å². The molecule has 3 nitrogen and oxygen atoms in total. The van der Waals surface area contributed by atoms with E-state index in [1.165, 1.54) is 15.6 Å². The van der Waals surface area contributed by atoms with Crippen LogP contribution in [0.15, 0.2) is 52.7 Å². The molecule has 0 saturated carbocycles. The zero-order valence-electron chi connectivity index (χ0n) is 15.0. The Hall–Kier alpha value is -1.98. The van der Waals surface area contributed by atoms with Gasteiger partial charge < -0.3 is 9.47 Å². The summed E-state index contributed by atoms with van der Waals surface area (Å²) in [5, 5.41) is 3.41. The summed E-state index contributed by atoms with van der Waals surface area (Å²) in [6.45, 7) is 2.68. The first-order chi connectivity index (χ1) is 12.7. The van der Waals surface area contributed by atoms with Gasteiger partial charge in [-0.25, -0.2) is 0 Å². The minimum atomic E-state index is 0.249. The van der Waals surface area contributed by atoms with Crippen LogP contribution < -0.4 is 9.47 Å². The summed E-state index contributed by atoms with van der Waals surface area (Å²) < 4.78 is 12.2. The largest absolute Gasteiger partial charge is 0.497 e. The normalized spacial score (nSPS) is 10.8.